The average molecular weight is 615 g/mol. The maximum Gasteiger partial charge on any atom is 0.227 e. The highest BCUT2D eigenvalue weighted by Crippen LogP contribution is 2.41. The molecule has 0 spiro atoms. The smallest absolute Gasteiger partial charge is 0.227 e. The molecule has 226 valence electrons. The van der Waals surface area contributed by atoms with Gasteiger partial charge in [-0.25, -0.2) is 4.98 Å². The number of rotatable bonds is 6. The van der Waals surface area contributed by atoms with Crippen molar-refractivity contribution in [1.29, 1.82) is 0 Å². The van der Waals surface area contributed by atoms with Crippen molar-refractivity contribution < 1.29 is 4.42 Å². The molecule has 3 heteroatoms. The number of benzene rings is 8. The molecule has 0 amide bonds. The molecule has 0 fully saturated rings. The van der Waals surface area contributed by atoms with Gasteiger partial charge in [-0.15, -0.1) is 0 Å². The lowest BCUT2D eigenvalue weighted by molar-refractivity contribution is 0.621. The van der Waals surface area contributed by atoms with Crippen LogP contribution in [0, 0.1) is 0 Å². The van der Waals surface area contributed by atoms with Crippen LogP contribution in [0.4, 0.5) is 17.1 Å². The van der Waals surface area contributed by atoms with E-state index in [0.717, 1.165) is 44.9 Å². The maximum absolute atomic E-state index is 6.48. The Labute approximate surface area is 279 Å². The molecular weight excluding hydrogens is 585 g/mol. The van der Waals surface area contributed by atoms with Crippen LogP contribution in [0.15, 0.2) is 186 Å². The fraction of sp³-hybridized carbons (Fsp3) is 0. The van der Waals surface area contributed by atoms with Crippen LogP contribution in [-0.4, -0.2) is 4.98 Å². The zero-order valence-electron chi connectivity index (χ0n) is 26.1. The lowest BCUT2D eigenvalue weighted by Gasteiger charge is -2.27. The molecule has 0 aliphatic carbocycles. The molecule has 0 aliphatic rings. The minimum absolute atomic E-state index is 0.626. The zero-order valence-corrected chi connectivity index (χ0v) is 26.1. The van der Waals surface area contributed by atoms with Crippen molar-refractivity contribution in [2.75, 3.05) is 4.90 Å². The normalized spacial score (nSPS) is 11.3. The first kappa shape index (κ1) is 27.8. The fourth-order valence-electron chi connectivity index (χ4n) is 6.68. The topological polar surface area (TPSA) is 29.3 Å². The van der Waals surface area contributed by atoms with E-state index in [4.69, 9.17) is 9.40 Å². The molecule has 48 heavy (non-hydrogen) atoms. The molecular formula is C45H30N2O. The van der Waals surface area contributed by atoms with Crippen LogP contribution in [0.25, 0.3) is 66.4 Å². The summed E-state index contributed by atoms with van der Waals surface area (Å²) in [6.45, 7) is 0. The second-order valence-corrected chi connectivity index (χ2v) is 12.0. The van der Waals surface area contributed by atoms with Gasteiger partial charge >= 0.3 is 0 Å². The highest BCUT2D eigenvalue weighted by Gasteiger charge is 2.17. The lowest BCUT2D eigenvalue weighted by Crippen LogP contribution is -2.10. The van der Waals surface area contributed by atoms with Crippen molar-refractivity contribution in [1.82, 2.24) is 4.98 Å². The summed E-state index contributed by atoms with van der Waals surface area (Å²) in [5, 5.41) is 4.77. The number of oxazole rings is 1. The molecule has 8 aromatic carbocycles. The van der Waals surface area contributed by atoms with Crippen molar-refractivity contribution in [3.05, 3.63) is 182 Å². The van der Waals surface area contributed by atoms with Crippen LogP contribution >= 0.6 is 0 Å². The first-order valence-electron chi connectivity index (χ1n) is 16.2. The summed E-state index contributed by atoms with van der Waals surface area (Å²) in [6, 6.07) is 64.0. The molecule has 0 saturated carbocycles. The number of anilines is 3. The molecule has 9 aromatic rings. The summed E-state index contributed by atoms with van der Waals surface area (Å²) in [5.41, 5.74) is 10.4. The first-order valence-corrected chi connectivity index (χ1v) is 16.2. The Kier molecular flexibility index (Phi) is 6.80. The van der Waals surface area contributed by atoms with Crippen LogP contribution in [-0.2, 0) is 0 Å². The molecule has 3 nitrogen and oxygen atoms in total. The molecule has 0 atom stereocenters. The van der Waals surface area contributed by atoms with Crippen molar-refractivity contribution in [2.24, 2.45) is 0 Å². The zero-order chi connectivity index (χ0) is 31.9. The van der Waals surface area contributed by atoms with Crippen molar-refractivity contribution in [3.8, 4) is 33.7 Å². The van der Waals surface area contributed by atoms with Crippen molar-refractivity contribution >= 4 is 49.7 Å². The van der Waals surface area contributed by atoms with Gasteiger partial charge in [-0.05, 0) is 81.4 Å². The largest absolute Gasteiger partial charge is 0.435 e. The molecule has 0 bridgehead atoms. The summed E-state index contributed by atoms with van der Waals surface area (Å²) < 4.78 is 6.48. The van der Waals surface area contributed by atoms with E-state index in [2.05, 4.69) is 181 Å². The number of hydrogen-bond donors (Lipinski definition) is 0. The third-order valence-electron chi connectivity index (χ3n) is 9.09. The number of nitrogens with zero attached hydrogens (tertiary/aromatic N) is 2. The molecule has 9 rings (SSSR count). The van der Waals surface area contributed by atoms with Crippen molar-refractivity contribution in [3.63, 3.8) is 0 Å². The minimum atomic E-state index is 0.626. The van der Waals surface area contributed by atoms with Gasteiger partial charge in [0.1, 0.15) is 5.52 Å². The number of hydrogen-bond acceptors (Lipinski definition) is 3. The molecule has 1 aromatic heterocycles. The van der Waals surface area contributed by atoms with E-state index in [1.807, 2.05) is 6.07 Å². The fourth-order valence-corrected chi connectivity index (χ4v) is 6.68. The van der Waals surface area contributed by atoms with Gasteiger partial charge in [0.15, 0.2) is 5.58 Å². The maximum atomic E-state index is 6.48. The van der Waals surface area contributed by atoms with E-state index in [1.54, 1.807) is 0 Å². The number of para-hydroxylation sites is 1. The van der Waals surface area contributed by atoms with Crippen LogP contribution < -0.4 is 4.90 Å². The molecule has 1 heterocycles. The second-order valence-electron chi connectivity index (χ2n) is 12.0. The third kappa shape index (κ3) is 4.99. The Morgan fingerprint density at radius 3 is 1.81 bits per heavy atom. The van der Waals surface area contributed by atoms with Crippen LogP contribution in [0.1, 0.15) is 0 Å². The molecule has 0 N–H and O–H groups in total. The van der Waals surface area contributed by atoms with E-state index in [9.17, 15) is 0 Å². The average Bonchev–Trinajstić information content (AvgIpc) is 3.61. The first-order chi connectivity index (χ1) is 23.8. The minimum Gasteiger partial charge on any atom is -0.435 e. The standard InChI is InChI=1S/C45H30N2O/c1-2-10-31(11-3-1)33-22-26-38(27-23-33)47(43-19-8-15-34-13-6-7-16-40(34)43)39-28-24-35(25-29-39)41-17-9-18-42-44(41)48-45(46-42)37-21-20-32-12-4-5-14-36(32)30-37/h1-30H. The monoisotopic (exact) mass is 614 g/mol. The van der Waals surface area contributed by atoms with Crippen LogP contribution in [0.5, 0.6) is 0 Å². The number of aromatic nitrogens is 1. The highest BCUT2D eigenvalue weighted by molar-refractivity contribution is 5.99. The quantitative estimate of drug-likeness (QED) is 0.187. The molecule has 0 unspecified atom stereocenters. The van der Waals surface area contributed by atoms with Gasteiger partial charge in [0.05, 0.1) is 5.69 Å². The third-order valence-corrected chi connectivity index (χ3v) is 9.09. The Hall–Kier alpha value is -6.45. The van der Waals surface area contributed by atoms with Gasteiger partial charge in [0, 0.05) is 27.9 Å². The predicted octanol–water partition coefficient (Wildman–Crippen LogP) is 12.6. The van der Waals surface area contributed by atoms with Crippen LogP contribution in [0.3, 0.4) is 0 Å². The van der Waals surface area contributed by atoms with E-state index >= 15 is 0 Å². The summed E-state index contributed by atoms with van der Waals surface area (Å²) in [6.07, 6.45) is 0. The van der Waals surface area contributed by atoms with E-state index in [0.29, 0.717) is 5.89 Å². The van der Waals surface area contributed by atoms with E-state index in [-0.39, 0.29) is 0 Å². The van der Waals surface area contributed by atoms with Gasteiger partial charge in [0.2, 0.25) is 5.89 Å². The van der Waals surface area contributed by atoms with Gasteiger partial charge in [-0.1, -0.05) is 133 Å². The predicted molar refractivity (Wildman–Crippen MR) is 200 cm³/mol. The van der Waals surface area contributed by atoms with Gasteiger partial charge < -0.3 is 9.32 Å². The Balaban J connectivity index is 1.12. The Morgan fingerprint density at radius 1 is 0.417 bits per heavy atom. The van der Waals surface area contributed by atoms with Gasteiger partial charge in [-0.2, -0.15) is 0 Å². The lowest BCUT2D eigenvalue weighted by atomic mass is 10.0. The van der Waals surface area contributed by atoms with Crippen molar-refractivity contribution in [2.45, 2.75) is 0 Å². The molecule has 0 aliphatic heterocycles. The van der Waals surface area contributed by atoms with Gasteiger partial charge in [-0.3, -0.25) is 0 Å². The molecule has 0 saturated heterocycles. The summed E-state index contributed by atoms with van der Waals surface area (Å²) >= 11 is 0. The Morgan fingerprint density at radius 2 is 1.02 bits per heavy atom. The second kappa shape index (κ2) is 11.7. The molecule has 0 radical (unpaired) electrons. The van der Waals surface area contributed by atoms with E-state index < -0.39 is 0 Å². The van der Waals surface area contributed by atoms with Gasteiger partial charge in [0.25, 0.3) is 0 Å². The summed E-state index contributed by atoms with van der Waals surface area (Å²) in [4.78, 5) is 7.23. The summed E-state index contributed by atoms with van der Waals surface area (Å²) in [5.74, 6) is 0.626. The Bertz CT molecular complexity index is 2540. The van der Waals surface area contributed by atoms with E-state index in [1.165, 1.54) is 32.7 Å². The highest BCUT2D eigenvalue weighted by atomic mass is 16.3. The number of fused-ring (bicyclic) bond motifs is 3. The summed E-state index contributed by atoms with van der Waals surface area (Å²) in [7, 11) is 0. The van der Waals surface area contributed by atoms with Crippen LogP contribution in [0.2, 0.25) is 0 Å². The SMILES string of the molecule is c1ccc(-c2ccc(N(c3ccc(-c4cccc5nc(-c6ccc7ccccc7c6)oc45)cc3)c3cccc4ccccc34)cc2)cc1.